The van der Waals surface area contributed by atoms with Crippen molar-refractivity contribution in [1.82, 2.24) is 34.3 Å². The molecule has 1 amide bonds. The van der Waals surface area contributed by atoms with Crippen LogP contribution >= 0.6 is 15.9 Å². The third kappa shape index (κ3) is 4.33. The maximum Gasteiger partial charge on any atom is 0.278 e. The Balaban J connectivity index is 1.40. The molecule has 154 valence electrons. The molecule has 4 rings (SSSR count). The lowest BCUT2D eigenvalue weighted by molar-refractivity contribution is 0.102. The van der Waals surface area contributed by atoms with Gasteiger partial charge in [-0.05, 0) is 48.3 Å². The quantitative estimate of drug-likeness (QED) is 0.468. The lowest BCUT2D eigenvalue weighted by Crippen LogP contribution is -2.16. The van der Waals surface area contributed by atoms with Gasteiger partial charge in [0.15, 0.2) is 5.69 Å². The molecule has 30 heavy (non-hydrogen) atoms. The molecule has 0 fully saturated rings. The van der Waals surface area contributed by atoms with Gasteiger partial charge < -0.3 is 0 Å². The molecule has 0 unspecified atom stereocenters. The molecule has 0 saturated carbocycles. The molecule has 3 aromatic heterocycles. The van der Waals surface area contributed by atoms with E-state index in [0.717, 1.165) is 21.4 Å². The van der Waals surface area contributed by atoms with Gasteiger partial charge >= 0.3 is 0 Å². The summed E-state index contributed by atoms with van der Waals surface area (Å²) in [6, 6.07) is 9.82. The van der Waals surface area contributed by atoms with Crippen LogP contribution in [0.3, 0.4) is 0 Å². The number of rotatable bonds is 6. The molecule has 0 aliphatic heterocycles. The molecule has 1 N–H and O–H groups in total. The maximum atomic E-state index is 12.5. The minimum absolute atomic E-state index is 0.240. The largest absolute Gasteiger partial charge is 0.288 e. The first kappa shape index (κ1) is 20.0. The zero-order chi connectivity index (χ0) is 21.3. The van der Waals surface area contributed by atoms with E-state index in [2.05, 4.69) is 47.6 Å². The lowest BCUT2D eigenvalue weighted by atomic mass is 10.1. The Bertz CT molecular complexity index is 1210. The average Bonchev–Trinajstić information content (AvgIpc) is 3.40. The monoisotopic (exact) mass is 468 g/mol. The summed E-state index contributed by atoms with van der Waals surface area (Å²) in [5, 5.41) is 15.8. The van der Waals surface area contributed by atoms with Crippen LogP contribution in [0.5, 0.6) is 0 Å². The fourth-order valence-electron chi connectivity index (χ4n) is 3.10. The van der Waals surface area contributed by atoms with Crippen LogP contribution in [0.15, 0.2) is 47.3 Å². The van der Waals surface area contributed by atoms with Gasteiger partial charge in [-0.2, -0.15) is 10.2 Å². The van der Waals surface area contributed by atoms with E-state index >= 15 is 0 Å². The number of nitrogens with zero attached hydrogens (tertiary/aromatic N) is 7. The fourth-order valence-corrected chi connectivity index (χ4v) is 3.39. The van der Waals surface area contributed by atoms with E-state index in [1.807, 2.05) is 43.7 Å². The number of anilines is 1. The summed E-state index contributed by atoms with van der Waals surface area (Å²) in [5.74, 6) is -0.124. The summed E-state index contributed by atoms with van der Waals surface area (Å²) < 4.78 is 6.14. The van der Waals surface area contributed by atoms with Gasteiger partial charge in [0.25, 0.3) is 5.91 Å². The van der Waals surface area contributed by atoms with Gasteiger partial charge in [-0.15, -0.1) is 5.10 Å². The fraction of sp³-hybridized carbons (Fsp3) is 0.250. The van der Waals surface area contributed by atoms with Crippen LogP contribution < -0.4 is 5.32 Å². The van der Waals surface area contributed by atoms with Gasteiger partial charge in [0.05, 0.1) is 22.4 Å². The van der Waals surface area contributed by atoms with Gasteiger partial charge in [-0.1, -0.05) is 29.8 Å². The SMILES string of the molecule is Cc1cccc(Cn2cnc(NC(=O)c3ccn(Cn4nc(C)c(Br)c4C)n3)n2)c1. The summed E-state index contributed by atoms with van der Waals surface area (Å²) in [6.45, 7) is 6.94. The molecule has 0 aliphatic rings. The maximum absolute atomic E-state index is 12.5. The molecule has 0 spiro atoms. The van der Waals surface area contributed by atoms with Crippen molar-refractivity contribution in [3.8, 4) is 0 Å². The standard InChI is InChI=1S/C20H21BrN8O/c1-13-5-4-6-16(9-13)10-28-11-22-20(26-28)23-19(30)17-7-8-27(25-17)12-29-15(3)18(21)14(2)24-29/h4-9,11H,10,12H2,1-3H3,(H,23,26,30). The lowest BCUT2D eigenvalue weighted by Gasteiger charge is -2.04. The summed E-state index contributed by atoms with van der Waals surface area (Å²) in [6.07, 6.45) is 3.33. The Morgan fingerprint density at radius 1 is 1.10 bits per heavy atom. The van der Waals surface area contributed by atoms with Gasteiger partial charge in [0, 0.05) is 6.20 Å². The van der Waals surface area contributed by atoms with Crippen LogP contribution in [-0.2, 0) is 13.2 Å². The van der Waals surface area contributed by atoms with Crippen molar-refractivity contribution in [2.75, 3.05) is 5.32 Å². The number of carbonyl (C=O) groups excluding carboxylic acids is 1. The number of hydrogen-bond donors (Lipinski definition) is 1. The molecule has 0 radical (unpaired) electrons. The second-order valence-electron chi connectivity index (χ2n) is 7.08. The predicted molar refractivity (Wildman–Crippen MR) is 115 cm³/mol. The van der Waals surface area contributed by atoms with Crippen molar-refractivity contribution in [3.63, 3.8) is 0 Å². The number of carbonyl (C=O) groups is 1. The second-order valence-corrected chi connectivity index (χ2v) is 7.87. The van der Waals surface area contributed by atoms with Gasteiger partial charge in [-0.3, -0.25) is 14.8 Å². The van der Waals surface area contributed by atoms with Crippen molar-refractivity contribution in [1.29, 1.82) is 0 Å². The number of hydrogen-bond acceptors (Lipinski definition) is 5. The van der Waals surface area contributed by atoms with Crippen LogP contribution in [-0.4, -0.2) is 40.2 Å². The Hall–Kier alpha value is -3.27. The highest BCUT2D eigenvalue weighted by Gasteiger charge is 2.14. The Morgan fingerprint density at radius 3 is 2.67 bits per heavy atom. The normalized spacial score (nSPS) is 11.1. The zero-order valence-corrected chi connectivity index (χ0v) is 18.5. The van der Waals surface area contributed by atoms with E-state index < -0.39 is 0 Å². The second kappa shape index (κ2) is 8.23. The van der Waals surface area contributed by atoms with E-state index in [4.69, 9.17) is 0 Å². The molecular formula is C20H21BrN8O. The third-order valence-corrected chi connectivity index (χ3v) is 5.78. The van der Waals surface area contributed by atoms with Gasteiger partial charge in [0.2, 0.25) is 5.95 Å². The predicted octanol–water partition coefficient (Wildman–Crippen LogP) is 3.17. The Kier molecular flexibility index (Phi) is 5.49. The highest BCUT2D eigenvalue weighted by Crippen LogP contribution is 2.19. The van der Waals surface area contributed by atoms with Crippen LogP contribution in [0.4, 0.5) is 5.95 Å². The first-order valence-electron chi connectivity index (χ1n) is 9.38. The van der Waals surface area contributed by atoms with E-state index in [1.54, 1.807) is 28.0 Å². The number of amides is 1. The minimum atomic E-state index is -0.364. The van der Waals surface area contributed by atoms with Crippen LogP contribution in [0.25, 0.3) is 0 Å². The van der Waals surface area contributed by atoms with Crippen LogP contribution in [0.2, 0.25) is 0 Å². The summed E-state index contributed by atoms with van der Waals surface area (Å²) in [4.78, 5) is 16.7. The molecule has 4 aromatic rings. The van der Waals surface area contributed by atoms with Gasteiger partial charge in [-0.25, -0.2) is 14.3 Å². The zero-order valence-electron chi connectivity index (χ0n) is 16.9. The van der Waals surface area contributed by atoms with Crippen molar-refractivity contribution < 1.29 is 4.79 Å². The van der Waals surface area contributed by atoms with Crippen molar-refractivity contribution in [3.05, 3.63) is 75.5 Å². The molecule has 3 heterocycles. The molecule has 9 nitrogen and oxygen atoms in total. The van der Waals surface area contributed by atoms with Crippen molar-refractivity contribution in [2.24, 2.45) is 0 Å². The van der Waals surface area contributed by atoms with Crippen molar-refractivity contribution >= 4 is 27.8 Å². The third-order valence-electron chi connectivity index (χ3n) is 4.63. The molecule has 0 aliphatic carbocycles. The average molecular weight is 469 g/mol. The highest BCUT2D eigenvalue weighted by molar-refractivity contribution is 9.10. The highest BCUT2D eigenvalue weighted by atomic mass is 79.9. The Labute approximate surface area is 181 Å². The topological polar surface area (TPSA) is 95.5 Å². The molecule has 0 saturated heterocycles. The van der Waals surface area contributed by atoms with Crippen LogP contribution in [0.1, 0.15) is 33.0 Å². The smallest absolute Gasteiger partial charge is 0.278 e. The molecule has 10 heteroatoms. The number of nitrogens with one attached hydrogen (secondary N) is 1. The summed E-state index contributed by atoms with van der Waals surface area (Å²) in [5.41, 5.74) is 4.49. The van der Waals surface area contributed by atoms with Crippen LogP contribution in [0, 0.1) is 20.8 Å². The molecular weight excluding hydrogens is 448 g/mol. The number of aryl methyl sites for hydroxylation is 2. The summed E-state index contributed by atoms with van der Waals surface area (Å²) in [7, 11) is 0. The Morgan fingerprint density at radius 2 is 1.93 bits per heavy atom. The number of benzene rings is 1. The minimum Gasteiger partial charge on any atom is -0.288 e. The molecule has 0 bridgehead atoms. The van der Waals surface area contributed by atoms with E-state index in [1.165, 1.54) is 5.56 Å². The molecule has 0 atom stereocenters. The van der Waals surface area contributed by atoms with Crippen molar-refractivity contribution in [2.45, 2.75) is 34.0 Å². The summed E-state index contributed by atoms with van der Waals surface area (Å²) >= 11 is 3.51. The first-order valence-corrected chi connectivity index (χ1v) is 10.2. The van der Waals surface area contributed by atoms with Gasteiger partial charge in [0.1, 0.15) is 13.0 Å². The molecule has 1 aromatic carbocycles. The van der Waals surface area contributed by atoms with E-state index in [0.29, 0.717) is 13.2 Å². The first-order chi connectivity index (χ1) is 14.4. The van der Waals surface area contributed by atoms with E-state index in [9.17, 15) is 4.79 Å². The van der Waals surface area contributed by atoms with E-state index in [-0.39, 0.29) is 17.5 Å². The number of halogens is 1. The number of aromatic nitrogens is 7.